The summed E-state index contributed by atoms with van der Waals surface area (Å²) in [5.41, 5.74) is 1.93. The second-order valence-electron chi connectivity index (χ2n) is 4.02. The highest BCUT2D eigenvalue weighted by Crippen LogP contribution is 2.32. The number of nitrogens with one attached hydrogen (secondary N) is 1. The Bertz CT molecular complexity index is 542. The molecular weight excluding hydrogens is 317 g/mol. The third-order valence-corrected chi connectivity index (χ3v) is 4.09. The van der Waals surface area contributed by atoms with E-state index in [2.05, 4.69) is 21.2 Å². The molecule has 1 nitrogen and oxygen atoms in total. The topological polar surface area (TPSA) is 12.0 Å². The molecule has 0 spiro atoms. The first kappa shape index (κ1) is 13.4. The van der Waals surface area contributed by atoms with E-state index in [0.29, 0.717) is 5.02 Å². The van der Waals surface area contributed by atoms with Crippen LogP contribution >= 0.6 is 27.5 Å². The number of anilines is 1. The fourth-order valence-corrected chi connectivity index (χ4v) is 2.24. The molecule has 0 aromatic heterocycles. The SMILES string of the molecule is CC(Nc1cccc(Cl)c1Br)c1ccc(F)cc1. The van der Waals surface area contributed by atoms with Crippen molar-refractivity contribution in [3.8, 4) is 0 Å². The van der Waals surface area contributed by atoms with Crippen LogP contribution in [0, 0.1) is 5.82 Å². The van der Waals surface area contributed by atoms with Gasteiger partial charge in [0.05, 0.1) is 15.2 Å². The maximum Gasteiger partial charge on any atom is 0.123 e. The van der Waals surface area contributed by atoms with Crippen molar-refractivity contribution in [2.45, 2.75) is 13.0 Å². The first-order valence-corrected chi connectivity index (χ1v) is 6.71. The molecule has 0 heterocycles. The number of halogens is 3. The molecular formula is C14H12BrClFN. The molecule has 0 aliphatic rings. The van der Waals surface area contributed by atoms with Crippen LogP contribution in [0.15, 0.2) is 46.9 Å². The van der Waals surface area contributed by atoms with Gasteiger partial charge in [-0.05, 0) is 52.7 Å². The number of hydrogen-bond donors (Lipinski definition) is 1. The van der Waals surface area contributed by atoms with Crippen LogP contribution < -0.4 is 5.32 Å². The van der Waals surface area contributed by atoms with Crippen LogP contribution in [-0.4, -0.2) is 0 Å². The average Bonchev–Trinajstić information content (AvgIpc) is 2.36. The van der Waals surface area contributed by atoms with Crippen LogP contribution in [0.25, 0.3) is 0 Å². The van der Waals surface area contributed by atoms with Crippen LogP contribution in [0.3, 0.4) is 0 Å². The van der Waals surface area contributed by atoms with Crippen molar-refractivity contribution in [2.75, 3.05) is 5.32 Å². The minimum absolute atomic E-state index is 0.0698. The number of benzene rings is 2. The average molecular weight is 329 g/mol. The Hall–Kier alpha value is -1.06. The highest BCUT2D eigenvalue weighted by molar-refractivity contribution is 9.10. The maximum absolute atomic E-state index is 12.8. The molecule has 0 aliphatic heterocycles. The lowest BCUT2D eigenvalue weighted by molar-refractivity contribution is 0.626. The largest absolute Gasteiger partial charge is 0.378 e. The number of rotatable bonds is 3. The van der Waals surface area contributed by atoms with E-state index < -0.39 is 0 Å². The Morgan fingerprint density at radius 3 is 2.50 bits per heavy atom. The Kier molecular flexibility index (Phi) is 4.25. The molecule has 0 saturated heterocycles. The molecule has 2 aromatic carbocycles. The van der Waals surface area contributed by atoms with E-state index in [-0.39, 0.29) is 11.9 Å². The van der Waals surface area contributed by atoms with Gasteiger partial charge in [-0.1, -0.05) is 29.8 Å². The van der Waals surface area contributed by atoms with E-state index in [1.807, 2.05) is 25.1 Å². The van der Waals surface area contributed by atoms with Crippen molar-refractivity contribution in [3.63, 3.8) is 0 Å². The van der Waals surface area contributed by atoms with E-state index >= 15 is 0 Å². The molecule has 0 radical (unpaired) electrons. The Labute approximate surface area is 119 Å². The first-order chi connectivity index (χ1) is 8.58. The molecule has 2 rings (SSSR count). The predicted octanol–water partition coefficient (Wildman–Crippen LogP) is 5.41. The van der Waals surface area contributed by atoms with Gasteiger partial charge in [0, 0.05) is 6.04 Å². The molecule has 1 unspecified atom stereocenters. The number of hydrogen-bond acceptors (Lipinski definition) is 1. The van der Waals surface area contributed by atoms with Gasteiger partial charge in [0.1, 0.15) is 5.82 Å². The van der Waals surface area contributed by atoms with Crippen LogP contribution in [0.2, 0.25) is 5.02 Å². The molecule has 1 atom stereocenters. The van der Waals surface area contributed by atoms with Crippen molar-refractivity contribution >= 4 is 33.2 Å². The molecule has 1 N–H and O–H groups in total. The molecule has 0 amide bonds. The standard InChI is InChI=1S/C14H12BrClFN/c1-9(10-5-7-11(17)8-6-10)18-13-4-2-3-12(16)14(13)15/h2-9,18H,1H3. The second-order valence-corrected chi connectivity index (χ2v) is 5.22. The van der Waals surface area contributed by atoms with Gasteiger partial charge in [-0.25, -0.2) is 4.39 Å². The van der Waals surface area contributed by atoms with Crippen LogP contribution in [0.1, 0.15) is 18.5 Å². The quantitative estimate of drug-likeness (QED) is 0.794. The van der Waals surface area contributed by atoms with Crippen LogP contribution in [-0.2, 0) is 0 Å². The molecule has 2 aromatic rings. The second kappa shape index (κ2) is 5.72. The van der Waals surface area contributed by atoms with Crippen molar-refractivity contribution in [2.24, 2.45) is 0 Å². The van der Waals surface area contributed by atoms with E-state index in [1.54, 1.807) is 12.1 Å². The van der Waals surface area contributed by atoms with E-state index in [1.165, 1.54) is 12.1 Å². The lowest BCUT2D eigenvalue weighted by Gasteiger charge is -2.17. The third kappa shape index (κ3) is 3.03. The first-order valence-electron chi connectivity index (χ1n) is 5.54. The Balaban J connectivity index is 2.18. The maximum atomic E-state index is 12.8. The zero-order chi connectivity index (χ0) is 13.1. The smallest absolute Gasteiger partial charge is 0.123 e. The van der Waals surface area contributed by atoms with Crippen molar-refractivity contribution in [1.82, 2.24) is 0 Å². The summed E-state index contributed by atoms with van der Waals surface area (Å²) in [5, 5.41) is 3.99. The summed E-state index contributed by atoms with van der Waals surface area (Å²) in [6.07, 6.45) is 0. The Morgan fingerprint density at radius 1 is 1.17 bits per heavy atom. The molecule has 0 bridgehead atoms. The fourth-order valence-electron chi connectivity index (χ4n) is 1.68. The summed E-state index contributed by atoms with van der Waals surface area (Å²) in [4.78, 5) is 0. The zero-order valence-electron chi connectivity index (χ0n) is 9.75. The highest BCUT2D eigenvalue weighted by Gasteiger charge is 2.09. The molecule has 0 fully saturated rings. The highest BCUT2D eigenvalue weighted by atomic mass is 79.9. The third-order valence-electron chi connectivity index (χ3n) is 2.69. The lowest BCUT2D eigenvalue weighted by Crippen LogP contribution is -2.07. The van der Waals surface area contributed by atoms with Gasteiger partial charge < -0.3 is 5.32 Å². The van der Waals surface area contributed by atoms with Gasteiger partial charge >= 0.3 is 0 Å². The minimum atomic E-state index is -0.227. The monoisotopic (exact) mass is 327 g/mol. The van der Waals surface area contributed by atoms with Gasteiger partial charge in [-0.2, -0.15) is 0 Å². The molecule has 4 heteroatoms. The molecule has 94 valence electrons. The summed E-state index contributed by atoms with van der Waals surface area (Å²) in [7, 11) is 0. The summed E-state index contributed by atoms with van der Waals surface area (Å²) in [5.74, 6) is -0.227. The molecule has 0 aliphatic carbocycles. The Morgan fingerprint density at radius 2 is 1.83 bits per heavy atom. The molecule has 0 saturated carbocycles. The fraction of sp³-hybridized carbons (Fsp3) is 0.143. The van der Waals surface area contributed by atoms with Gasteiger partial charge in [0.2, 0.25) is 0 Å². The van der Waals surface area contributed by atoms with E-state index in [9.17, 15) is 4.39 Å². The zero-order valence-corrected chi connectivity index (χ0v) is 12.1. The minimum Gasteiger partial charge on any atom is -0.378 e. The van der Waals surface area contributed by atoms with Crippen LogP contribution in [0.5, 0.6) is 0 Å². The van der Waals surface area contributed by atoms with Crippen molar-refractivity contribution in [1.29, 1.82) is 0 Å². The summed E-state index contributed by atoms with van der Waals surface area (Å²) in [6.45, 7) is 2.01. The summed E-state index contributed by atoms with van der Waals surface area (Å²) >= 11 is 9.47. The van der Waals surface area contributed by atoms with E-state index in [0.717, 1.165) is 15.7 Å². The van der Waals surface area contributed by atoms with Crippen LogP contribution in [0.4, 0.5) is 10.1 Å². The normalized spacial score (nSPS) is 12.2. The van der Waals surface area contributed by atoms with Crippen molar-refractivity contribution in [3.05, 3.63) is 63.3 Å². The predicted molar refractivity (Wildman–Crippen MR) is 77.6 cm³/mol. The van der Waals surface area contributed by atoms with Gasteiger partial charge in [-0.3, -0.25) is 0 Å². The van der Waals surface area contributed by atoms with Gasteiger partial charge in [-0.15, -0.1) is 0 Å². The summed E-state index contributed by atoms with van der Waals surface area (Å²) < 4.78 is 13.7. The lowest BCUT2D eigenvalue weighted by atomic mass is 10.1. The van der Waals surface area contributed by atoms with Gasteiger partial charge in [0.25, 0.3) is 0 Å². The molecule has 18 heavy (non-hydrogen) atoms. The van der Waals surface area contributed by atoms with E-state index in [4.69, 9.17) is 11.6 Å². The van der Waals surface area contributed by atoms with Crippen molar-refractivity contribution < 1.29 is 4.39 Å². The summed E-state index contributed by atoms with van der Waals surface area (Å²) in [6, 6.07) is 12.2. The van der Waals surface area contributed by atoms with Gasteiger partial charge in [0.15, 0.2) is 0 Å².